The SMILES string of the molecule is Cn1nc(C(=O)CCCN2CC(F)(F)C2)cc1C#Cc1cccnc1N. The number of alkyl halides is 2. The van der Waals surface area contributed by atoms with E-state index >= 15 is 0 Å². The Morgan fingerprint density at radius 1 is 1.38 bits per heavy atom. The molecule has 2 N–H and O–H groups in total. The van der Waals surface area contributed by atoms with Crippen LogP contribution < -0.4 is 5.73 Å². The maximum atomic E-state index is 12.8. The molecule has 0 spiro atoms. The number of pyridine rings is 1. The highest BCUT2D eigenvalue weighted by Gasteiger charge is 2.43. The molecule has 0 aliphatic carbocycles. The van der Waals surface area contributed by atoms with Gasteiger partial charge in [0.05, 0.1) is 18.7 Å². The lowest BCUT2D eigenvalue weighted by molar-refractivity contribution is -0.130. The summed E-state index contributed by atoms with van der Waals surface area (Å²) in [6, 6.07) is 5.13. The summed E-state index contributed by atoms with van der Waals surface area (Å²) in [7, 11) is 1.70. The molecule has 1 aliphatic heterocycles. The van der Waals surface area contributed by atoms with E-state index in [-0.39, 0.29) is 25.3 Å². The average molecular weight is 359 g/mol. The molecule has 0 saturated carbocycles. The van der Waals surface area contributed by atoms with Gasteiger partial charge in [-0.05, 0) is 31.0 Å². The number of aryl methyl sites for hydroxylation is 1. The number of rotatable bonds is 5. The molecule has 1 aliphatic rings. The third-order valence-corrected chi connectivity index (χ3v) is 4.12. The third kappa shape index (κ3) is 4.24. The fourth-order valence-corrected chi connectivity index (χ4v) is 2.73. The van der Waals surface area contributed by atoms with Crippen LogP contribution in [-0.4, -0.2) is 51.0 Å². The number of nitrogens with two attached hydrogens (primary N) is 1. The summed E-state index contributed by atoms with van der Waals surface area (Å²) in [5, 5.41) is 4.18. The number of carbonyl (C=O) groups excluding carboxylic acids is 1. The Balaban J connectivity index is 1.58. The van der Waals surface area contributed by atoms with Crippen LogP contribution in [-0.2, 0) is 7.05 Å². The molecule has 8 heteroatoms. The van der Waals surface area contributed by atoms with Crippen LogP contribution in [0.2, 0.25) is 0 Å². The second-order valence-corrected chi connectivity index (χ2v) is 6.32. The number of hydrogen-bond donors (Lipinski definition) is 1. The van der Waals surface area contributed by atoms with Gasteiger partial charge in [0.15, 0.2) is 5.78 Å². The number of halogens is 2. The molecule has 0 aromatic carbocycles. The Labute approximate surface area is 150 Å². The Morgan fingerprint density at radius 3 is 2.85 bits per heavy atom. The summed E-state index contributed by atoms with van der Waals surface area (Å²) in [5.41, 5.74) is 7.26. The standard InChI is InChI=1S/C18H19F2N5O/c1-24-14(7-6-13-4-2-8-22-17(13)21)10-15(23-24)16(26)5-3-9-25-11-18(19,20)12-25/h2,4,8,10H,3,5,9,11-12H2,1H3,(H2,21,22). The van der Waals surface area contributed by atoms with E-state index in [1.165, 1.54) is 4.68 Å². The first-order valence-corrected chi connectivity index (χ1v) is 8.24. The van der Waals surface area contributed by atoms with Crippen molar-refractivity contribution in [2.45, 2.75) is 18.8 Å². The van der Waals surface area contributed by atoms with Crippen molar-refractivity contribution >= 4 is 11.6 Å². The quantitative estimate of drug-likeness (QED) is 0.650. The van der Waals surface area contributed by atoms with Gasteiger partial charge in [0.25, 0.3) is 5.92 Å². The first-order chi connectivity index (χ1) is 12.3. The first kappa shape index (κ1) is 18.0. The topological polar surface area (TPSA) is 77.0 Å². The highest BCUT2D eigenvalue weighted by Crippen LogP contribution is 2.26. The van der Waals surface area contributed by atoms with Crippen molar-refractivity contribution in [3.8, 4) is 11.8 Å². The average Bonchev–Trinajstić information content (AvgIpc) is 2.93. The third-order valence-electron chi connectivity index (χ3n) is 4.12. The highest BCUT2D eigenvalue weighted by molar-refractivity contribution is 5.94. The summed E-state index contributed by atoms with van der Waals surface area (Å²) < 4.78 is 27.1. The molecule has 0 radical (unpaired) electrons. The van der Waals surface area contributed by atoms with Crippen LogP contribution in [0.3, 0.4) is 0 Å². The maximum Gasteiger partial charge on any atom is 0.272 e. The molecule has 0 atom stereocenters. The van der Waals surface area contributed by atoms with Gasteiger partial charge in [-0.25, -0.2) is 13.8 Å². The molecule has 3 rings (SSSR count). The van der Waals surface area contributed by atoms with E-state index in [4.69, 9.17) is 5.73 Å². The smallest absolute Gasteiger partial charge is 0.272 e. The van der Waals surface area contributed by atoms with Crippen LogP contribution in [0.15, 0.2) is 24.4 Å². The number of anilines is 1. The van der Waals surface area contributed by atoms with E-state index in [2.05, 4.69) is 21.9 Å². The Hall–Kier alpha value is -2.79. The van der Waals surface area contributed by atoms with Crippen molar-refractivity contribution in [2.24, 2.45) is 7.05 Å². The zero-order valence-corrected chi connectivity index (χ0v) is 14.4. The number of nitrogen functional groups attached to an aromatic ring is 1. The van der Waals surface area contributed by atoms with Gasteiger partial charge in [-0.3, -0.25) is 14.4 Å². The normalized spacial score (nSPS) is 15.8. The maximum absolute atomic E-state index is 12.8. The summed E-state index contributed by atoms with van der Waals surface area (Å²) in [5.74, 6) is 3.50. The predicted octanol–water partition coefficient (Wildman–Crippen LogP) is 1.71. The highest BCUT2D eigenvalue weighted by atomic mass is 19.3. The number of carbonyl (C=O) groups is 1. The summed E-state index contributed by atoms with van der Waals surface area (Å²) >= 11 is 0. The fraction of sp³-hybridized carbons (Fsp3) is 0.389. The molecule has 2 aromatic rings. The van der Waals surface area contributed by atoms with Crippen LogP contribution in [0.4, 0.5) is 14.6 Å². The number of Topliss-reactive ketones (excluding diaryl/α,β-unsaturated/α-hetero) is 1. The van der Waals surface area contributed by atoms with Crippen LogP contribution in [0.5, 0.6) is 0 Å². The molecule has 26 heavy (non-hydrogen) atoms. The van der Waals surface area contributed by atoms with Gasteiger partial charge < -0.3 is 5.73 Å². The van der Waals surface area contributed by atoms with Gasteiger partial charge >= 0.3 is 0 Å². The van der Waals surface area contributed by atoms with Crippen LogP contribution in [0, 0.1) is 11.8 Å². The van der Waals surface area contributed by atoms with Gasteiger partial charge in [0.2, 0.25) is 0 Å². The molecule has 0 amide bonds. The van der Waals surface area contributed by atoms with Crippen LogP contribution >= 0.6 is 0 Å². The second kappa shape index (κ2) is 7.22. The lowest BCUT2D eigenvalue weighted by atomic mass is 10.1. The molecule has 6 nitrogen and oxygen atoms in total. The summed E-state index contributed by atoms with van der Waals surface area (Å²) in [4.78, 5) is 17.8. The minimum Gasteiger partial charge on any atom is -0.383 e. The molecule has 3 heterocycles. The molecule has 1 fully saturated rings. The molecular formula is C18H19F2N5O. The van der Waals surface area contributed by atoms with E-state index in [1.54, 1.807) is 36.3 Å². The number of nitrogens with zero attached hydrogens (tertiary/aromatic N) is 4. The van der Waals surface area contributed by atoms with Crippen molar-refractivity contribution in [1.29, 1.82) is 0 Å². The Bertz CT molecular complexity index is 873. The number of ketones is 1. The molecule has 0 bridgehead atoms. The van der Waals surface area contributed by atoms with E-state index in [0.717, 1.165) is 0 Å². The summed E-state index contributed by atoms with van der Waals surface area (Å²) in [6.45, 7) is 0.0467. The van der Waals surface area contributed by atoms with Crippen molar-refractivity contribution < 1.29 is 13.6 Å². The van der Waals surface area contributed by atoms with Crippen molar-refractivity contribution in [1.82, 2.24) is 19.7 Å². The van der Waals surface area contributed by atoms with Gasteiger partial charge in [-0.15, -0.1) is 0 Å². The predicted molar refractivity (Wildman–Crippen MR) is 92.8 cm³/mol. The van der Waals surface area contributed by atoms with Crippen molar-refractivity contribution in [3.05, 3.63) is 41.3 Å². The Morgan fingerprint density at radius 2 is 2.15 bits per heavy atom. The number of aromatic nitrogens is 3. The van der Waals surface area contributed by atoms with Gasteiger partial charge in [-0.2, -0.15) is 5.10 Å². The number of likely N-dealkylation sites (tertiary alicyclic amines) is 1. The van der Waals surface area contributed by atoms with Crippen molar-refractivity contribution in [3.63, 3.8) is 0 Å². The Kier molecular flexibility index (Phi) is 5.00. The molecule has 1 saturated heterocycles. The van der Waals surface area contributed by atoms with Crippen molar-refractivity contribution in [2.75, 3.05) is 25.4 Å². The van der Waals surface area contributed by atoms with Gasteiger partial charge in [0.1, 0.15) is 17.2 Å². The van der Waals surface area contributed by atoms with E-state index in [1.807, 2.05) is 0 Å². The van der Waals surface area contributed by atoms with E-state index in [0.29, 0.717) is 35.7 Å². The second-order valence-electron chi connectivity index (χ2n) is 6.32. The molecule has 0 unspecified atom stereocenters. The van der Waals surface area contributed by atoms with E-state index < -0.39 is 5.92 Å². The molecule has 2 aromatic heterocycles. The number of hydrogen-bond acceptors (Lipinski definition) is 5. The lowest BCUT2D eigenvalue weighted by Gasteiger charge is -2.38. The van der Waals surface area contributed by atoms with Gasteiger partial charge in [-0.1, -0.05) is 5.92 Å². The zero-order valence-electron chi connectivity index (χ0n) is 14.4. The monoisotopic (exact) mass is 359 g/mol. The lowest BCUT2D eigenvalue weighted by Crippen LogP contribution is -2.56. The van der Waals surface area contributed by atoms with E-state index in [9.17, 15) is 13.6 Å². The van der Waals surface area contributed by atoms with Gasteiger partial charge in [0, 0.05) is 25.7 Å². The first-order valence-electron chi connectivity index (χ1n) is 8.24. The minimum atomic E-state index is -2.57. The molecule has 136 valence electrons. The largest absolute Gasteiger partial charge is 0.383 e. The molecular weight excluding hydrogens is 340 g/mol. The summed E-state index contributed by atoms with van der Waals surface area (Å²) in [6.07, 6.45) is 2.38. The van der Waals surface area contributed by atoms with Crippen LogP contribution in [0.1, 0.15) is 34.6 Å². The minimum absolute atomic E-state index is 0.123. The zero-order chi connectivity index (χ0) is 18.7. The van der Waals surface area contributed by atoms with Crippen LogP contribution in [0.25, 0.3) is 0 Å². The fourth-order valence-electron chi connectivity index (χ4n) is 2.73.